The highest BCUT2D eigenvalue weighted by molar-refractivity contribution is 5.52. The van der Waals surface area contributed by atoms with Crippen molar-refractivity contribution in [3.8, 4) is 5.75 Å². The molecule has 0 unspecified atom stereocenters. The van der Waals surface area contributed by atoms with Gasteiger partial charge in [-0.2, -0.15) is 0 Å². The Morgan fingerprint density at radius 3 is 2.82 bits per heavy atom. The van der Waals surface area contributed by atoms with Gasteiger partial charge in [0.2, 0.25) is 0 Å². The molecule has 0 bridgehead atoms. The molecule has 1 aliphatic rings. The van der Waals surface area contributed by atoms with Crippen molar-refractivity contribution in [1.82, 2.24) is 0 Å². The highest BCUT2D eigenvalue weighted by Gasteiger charge is 2.28. The molecule has 0 aromatic heterocycles. The van der Waals surface area contributed by atoms with Gasteiger partial charge in [0.25, 0.3) is 0 Å². The number of rotatable bonds is 2. The third kappa shape index (κ3) is 2.71. The number of nitrogens with two attached hydrogens (primary N) is 1. The van der Waals surface area contributed by atoms with E-state index < -0.39 is 0 Å². The van der Waals surface area contributed by atoms with Crippen molar-refractivity contribution >= 4 is 5.69 Å². The molecule has 2 N–H and O–H groups in total. The lowest BCUT2D eigenvalue weighted by Crippen LogP contribution is -2.33. The number of ether oxygens (including phenoxy) is 1. The third-order valence-electron chi connectivity index (χ3n) is 3.89. The van der Waals surface area contributed by atoms with E-state index >= 15 is 0 Å². The van der Waals surface area contributed by atoms with Crippen LogP contribution in [0.4, 0.5) is 10.1 Å². The molecule has 1 fully saturated rings. The van der Waals surface area contributed by atoms with Gasteiger partial charge in [0, 0.05) is 6.07 Å². The molecule has 1 aromatic rings. The first kappa shape index (κ1) is 12.2. The average molecular weight is 237 g/mol. The summed E-state index contributed by atoms with van der Waals surface area (Å²) in [7, 11) is 0. The van der Waals surface area contributed by atoms with Gasteiger partial charge >= 0.3 is 0 Å². The monoisotopic (exact) mass is 237 g/mol. The summed E-state index contributed by atoms with van der Waals surface area (Å²) in [6.07, 6.45) is 3.61. The number of anilines is 1. The molecule has 0 spiro atoms. The smallest absolute Gasteiger partial charge is 0.145 e. The zero-order chi connectivity index (χ0) is 12.4. The molecule has 17 heavy (non-hydrogen) atoms. The van der Waals surface area contributed by atoms with E-state index in [0.717, 1.165) is 6.42 Å². The molecule has 0 aliphatic heterocycles. The van der Waals surface area contributed by atoms with Gasteiger partial charge in [0.1, 0.15) is 17.7 Å². The molecule has 1 saturated carbocycles. The summed E-state index contributed by atoms with van der Waals surface area (Å²) in [6.45, 7) is 4.44. The predicted molar refractivity (Wildman–Crippen MR) is 67.4 cm³/mol. The van der Waals surface area contributed by atoms with Gasteiger partial charge in [-0.25, -0.2) is 4.39 Å². The molecule has 0 heterocycles. The van der Waals surface area contributed by atoms with E-state index in [9.17, 15) is 4.39 Å². The Labute approximate surface area is 102 Å². The van der Waals surface area contributed by atoms with E-state index in [1.165, 1.54) is 25.0 Å². The van der Waals surface area contributed by atoms with Crippen LogP contribution in [-0.2, 0) is 0 Å². The van der Waals surface area contributed by atoms with E-state index in [1.54, 1.807) is 6.07 Å². The summed E-state index contributed by atoms with van der Waals surface area (Å²) in [4.78, 5) is 0. The van der Waals surface area contributed by atoms with Crippen LogP contribution in [0.2, 0.25) is 0 Å². The van der Waals surface area contributed by atoms with Gasteiger partial charge in [-0.1, -0.05) is 20.3 Å². The van der Waals surface area contributed by atoms with Gasteiger partial charge < -0.3 is 10.5 Å². The summed E-state index contributed by atoms with van der Waals surface area (Å²) < 4.78 is 19.0. The molecule has 1 aliphatic carbocycles. The minimum absolute atomic E-state index is 0.155. The molecule has 0 amide bonds. The fraction of sp³-hybridized carbons (Fsp3) is 0.571. The molecule has 3 atom stereocenters. The number of nitrogen functional groups attached to an aromatic ring is 1. The second-order valence-electron chi connectivity index (χ2n) is 5.11. The SMILES string of the molecule is C[C@@H]1[C@H](C)CCC[C@@H]1Oc1cc(F)ccc1N. The highest BCUT2D eigenvalue weighted by Crippen LogP contribution is 2.34. The Balaban J connectivity index is 2.11. The van der Waals surface area contributed by atoms with Crippen molar-refractivity contribution in [1.29, 1.82) is 0 Å². The van der Waals surface area contributed by atoms with E-state index in [-0.39, 0.29) is 11.9 Å². The molecule has 1 aromatic carbocycles. The van der Waals surface area contributed by atoms with Gasteiger partial charge in [0.15, 0.2) is 0 Å². The summed E-state index contributed by atoms with van der Waals surface area (Å²) in [5, 5.41) is 0. The van der Waals surface area contributed by atoms with E-state index in [2.05, 4.69) is 13.8 Å². The lowest BCUT2D eigenvalue weighted by atomic mass is 9.79. The second-order valence-corrected chi connectivity index (χ2v) is 5.11. The Morgan fingerprint density at radius 1 is 1.29 bits per heavy atom. The van der Waals surface area contributed by atoms with Gasteiger partial charge in [0.05, 0.1) is 5.69 Å². The Kier molecular flexibility index (Phi) is 3.55. The summed E-state index contributed by atoms with van der Waals surface area (Å²) >= 11 is 0. The number of halogens is 1. The molecule has 3 heteroatoms. The summed E-state index contributed by atoms with van der Waals surface area (Å²) in [5.74, 6) is 1.33. The first-order valence-electron chi connectivity index (χ1n) is 6.29. The molecular formula is C14H20FNO. The van der Waals surface area contributed by atoms with Crippen molar-refractivity contribution in [3.63, 3.8) is 0 Å². The number of hydrogen-bond acceptors (Lipinski definition) is 2. The molecule has 0 saturated heterocycles. The van der Waals surface area contributed by atoms with Crippen LogP contribution in [0.3, 0.4) is 0 Å². The van der Waals surface area contributed by atoms with Crippen molar-refractivity contribution < 1.29 is 9.13 Å². The summed E-state index contributed by atoms with van der Waals surface area (Å²) in [6, 6.07) is 4.29. The zero-order valence-corrected chi connectivity index (χ0v) is 10.4. The molecule has 0 radical (unpaired) electrons. The maximum atomic E-state index is 13.1. The van der Waals surface area contributed by atoms with E-state index in [1.807, 2.05) is 0 Å². The van der Waals surface area contributed by atoms with Crippen LogP contribution in [0, 0.1) is 17.7 Å². The van der Waals surface area contributed by atoms with Crippen molar-refractivity contribution in [2.24, 2.45) is 11.8 Å². The van der Waals surface area contributed by atoms with Crippen molar-refractivity contribution in [2.75, 3.05) is 5.73 Å². The quantitative estimate of drug-likeness (QED) is 0.797. The van der Waals surface area contributed by atoms with Crippen LogP contribution in [0.1, 0.15) is 33.1 Å². The molecule has 94 valence electrons. The van der Waals surface area contributed by atoms with Crippen molar-refractivity contribution in [3.05, 3.63) is 24.0 Å². The van der Waals surface area contributed by atoms with Gasteiger partial charge in [-0.15, -0.1) is 0 Å². The van der Waals surface area contributed by atoms with Crippen molar-refractivity contribution in [2.45, 2.75) is 39.2 Å². The fourth-order valence-electron chi connectivity index (χ4n) is 2.47. The van der Waals surface area contributed by atoms with Crippen LogP contribution in [-0.4, -0.2) is 6.10 Å². The minimum atomic E-state index is -0.300. The van der Waals surface area contributed by atoms with E-state index in [0.29, 0.717) is 23.3 Å². The average Bonchev–Trinajstić information content (AvgIpc) is 2.30. The second kappa shape index (κ2) is 4.94. The lowest BCUT2D eigenvalue weighted by molar-refractivity contribution is 0.0696. The van der Waals surface area contributed by atoms with Crippen LogP contribution < -0.4 is 10.5 Å². The molecular weight excluding hydrogens is 217 g/mol. The normalized spacial score (nSPS) is 29.0. The van der Waals surface area contributed by atoms with E-state index in [4.69, 9.17) is 10.5 Å². The number of benzene rings is 1. The predicted octanol–water partition coefficient (Wildman–Crippen LogP) is 3.61. The standard InChI is InChI=1S/C14H20FNO/c1-9-4-3-5-13(10(9)2)17-14-8-11(15)6-7-12(14)16/h6-10,13H,3-5,16H2,1-2H3/t9-,10-,13+/m1/s1. The molecule has 2 nitrogen and oxygen atoms in total. The lowest BCUT2D eigenvalue weighted by Gasteiger charge is -2.34. The first-order chi connectivity index (χ1) is 8.08. The number of hydrogen-bond donors (Lipinski definition) is 1. The fourth-order valence-corrected chi connectivity index (χ4v) is 2.47. The van der Waals surface area contributed by atoms with Crippen LogP contribution in [0.25, 0.3) is 0 Å². The maximum absolute atomic E-state index is 13.1. The minimum Gasteiger partial charge on any atom is -0.488 e. The van der Waals surface area contributed by atoms with Crippen LogP contribution in [0.15, 0.2) is 18.2 Å². The van der Waals surface area contributed by atoms with Crippen LogP contribution in [0.5, 0.6) is 5.75 Å². The topological polar surface area (TPSA) is 35.2 Å². The Hall–Kier alpha value is -1.25. The van der Waals surface area contributed by atoms with Gasteiger partial charge in [-0.3, -0.25) is 0 Å². The Bertz CT molecular complexity index is 394. The largest absolute Gasteiger partial charge is 0.488 e. The Morgan fingerprint density at radius 2 is 2.06 bits per heavy atom. The van der Waals surface area contributed by atoms with Crippen LogP contribution >= 0.6 is 0 Å². The molecule has 2 rings (SSSR count). The highest BCUT2D eigenvalue weighted by atomic mass is 19.1. The van der Waals surface area contributed by atoms with Gasteiger partial charge in [-0.05, 0) is 36.8 Å². The zero-order valence-electron chi connectivity index (χ0n) is 10.4. The maximum Gasteiger partial charge on any atom is 0.145 e. The third-order valence-corrected chi connectivity index (χ3v) is 3.89. The first-order valence-corrected chi connectivity index (χ1v) is 6.29. The summed E-state index contributed by atoms with van der Waals surface area (Å²) in [5.41, 5.74) is 6.31.